The van der Waals surface area contributed by atoms with E-state index in [9.17, 15) is 0 Å². The quantitative estimate of drug-likeness (QED) is 0.175. The Labute approximate surface area is 324 Å². The Morgan fingerprint density at radius 3 is 1.67 bits per heavy atom. The van der Waals surface area contributed by atoms with Gasteiger partial charge in [0.25, 0.3) is 0 Å². The number of fused-ring (bicyclic) bond motifs is 15. The highest BCUT2D eigenvalue weighted by molar-refractivity contribution is 7.25. The summed E-state index contributed by atoms with van der Waals surface area (Å²) in [4.78, 5) is 2.42. The molecule has 0 saturated heterocycles. The summed E-state index contributed by atoms with van der Waals surface area (Å²) >= 11 is 1.86. The summed E-state index contributed by atoms with van der Waals surface area (Å²) in [7, 11) is 0. The number of hydrogen-bond donors (Lipinski definition) is 0. The van der Waals surface area contributed by atoms with Gasteiger partial charge in [0.2, 0.25) is 0 Å². The molecule has 12 rings (SSSR count). The molecule has 2 aliphatic rings. The lowest BCUT2D eigenvalue weighted by molar-refractivity contribution is 0.794. The van der Waals surface area contributed by atoms with E-state index in [1.165, 1.54) is 86.6 Å². The Bertz CT molecular complexity index is 3110. The van der Waals surface area contributed by atoms with E-state index in [1.54, 1.807) is 0 Å². The fourth-order valence-corrected chi connectivity index (χ4v) is 10.9. The van der Waals surface area contributed by atoms with E-state index < -0.39 is 0 Å². The summed E-state index contributed by atoms with van der Waals surface area (Å²) in [5.74, 6) is 0. The summed E-state index contributed by atoms with van der Waals surface area (Å²) in [5, 5.41) is 5.11. The normalized spacial score (nSPS) is 13.2. The monoisotopic (exact) mass is 715 g/mol. The van der Waals surface area contributed by atoms with Crippen molar-refractivity contribution in [1.29, 1.82) is 0 Å². The van der Waals surface area contributed by atoms with Crippen molar-refractivity contribution in [2.24, 2.45) is 0 Å². The second-order valence-corrected chi connectivity index (χ2v) is 15.9. The zero-order chi connectivity index (χ0) is 36.1. The van der Waals surface area contributed by atoms with E-state index in [-0.39, 0.29) is 5.41 Å². The van der Waals surface area contributed by atoms with Crippen molar-refractivity contribution in [3.05, 3.63) is 222 Å². The van der Waals surface area contributed by atoms with Gasteiger partial charge in [0.05, 0.1) is 5.41 Å². The molecule has 0 saturated carbocycles. The van der Waals surface area contributed by atoms with Crippen LogP contribution in [0, 0.1) is 0 Å². The lowest BCUT2D eigenvalue weighted by atomic mass is 9.70. The minimum Gasteiger partial charge on any atom is -0.310 e. The molecule has 2 aliphatic carbocycles. The van der Waals surface area contributed by atoms with E-state index in [0.717, 1.165) is 17.1 Å². The molecule has 1 heterocycles. The highest BCUT2D eigenvalue weighted by Gasteiger charge is 2.51. The Hall–Kier alpha value is -6.74. The van der Waals surface area contributed by atoms with Crippen LogP contribution in [0.2, 0.25) is 0 Å². The van der Waals surface area contributed by atoms with Gasteiger partial charge in [-0.15, -0.1) is 11.3 Å². The predicted octanol–water partition coefficient (Wildman–Crippen LogP) is 14.7. The molecule has 0 aliphatic heterocycles. The molecule has 0 radical (unpaired) electrons. The molecule has 1 nitrogen and oxygen atoms in total. The van der Waals surface area contributed by atoms with Crippen molar-refractivity contribution in [2.45, 2.75) is 5.41 Å². The van der Waals surface area contributed by atoms with Gasteiger partial charge in [-0.25, -0.2) is 0 Å². The van der Waals surface area contributed by atoms with E-state index in [1.807, 2.05) is 11.3 Å². The summed E-state index contributed by atoms with van der Waals surface area (Å²) < 4.78 is 2.62. The third kappa shape index (κ3) is 4.29. The van der Waals surface area contributed by atoms with Crippen LogP contribution in [0.1, 0.15) is 22.3 Å². The van der Waals surface area contributed by atoms with Gasteiger partial charge in [0.1, 0.15) is 0 Å². The Morgan fingerprint density at radius 1 is 0.345 bits per heavy atom. The first-order valence-electron chi connectivity index (χ1n) is 19.0. The first kappa shape index (κ1) is 30.7. The Kier molecular flexibility index (Phi) is 6.49. The van der Waals surface area contributed by atoms with E-state index in [2.05, 4.69) is 205 Å². The van der Waals surface area contributed by atoms with Crippen LogP contribution in [0.25, 0.3) is 64.3 Å². The summed E-state index contributed by atoms with van der Waals surface area (Å²) in [6.45, 7) is 0. The largest absolute Gasteiger partial charge is 0.310 e. The second-order valence-electron chi connectivity index (χ2n) is 14.8. The zero-order valence-electron chi connectivity index (χ0n) is 29.9. The summed E-state index contributed by atoms with van der Waals surface area (Å²) in [6, 6.07) is 74.4. The molecule has 10 aromatic rings. The van der Waals surface area contributed by atoms with Crippen molar-refractivity contribution < 1.29 is 0 Å². The Morgan fingerprint density at radius 2 is 0.909 bits per heavy atom. The molecule has 0 amide bonds. The van der Waals surface area contributed by atoms with Crippen LogP contribution in [0.4, 0.5) is 17.1 Å². The molecular formula is C53H33NS. The molecule has 9 aromatic carbocycles. The fraction of sp³-hybridized carbons (Fsp3) is 0.0189. The highest BCUT2D eigenvalue weighted by Crippen LogP contribution is 2.63. The molecule has 55 heavy (non-hydrogen) atoms. The minimum atomic E-state index is -0.350. The predicted molar refractivity (Wildman–Crippen MR) is 233 cm³/mol. The van der Waals surface area contributed by atoms with Crippen LogP contribution < -0.4 is 4.90 Å². The third-order valence-electron chi connectivity index (χ3n) is 12.1. The number of thiophene rings is 1. The van der Waals surface area contributed by atoms with Crippen molar-refractivity contribution in [1.82, 2.24) is 0 Å². The lowest BCUT2D eigenvalue weighted by Crippen LogP contribution is -2.25. The molecular weight excluding hydrogens is 683 g/mol. The van der Waals surface area contributed by atoms with Crippen molar-refractivity contribution in [3.8, 4) is 33.4 Å². The van der Waals surface area contributed by atoms with Crippen molar-refractivity contribution in [3.63, 3.8) is 0 Å². The number of benzene rings is 9. The molecule has 0 fully saturated rings. The molecule has 0 N–H and O–H groups in total. The van der Waals surface area contributed by atoms with Crippen LogP contribution >= 0.6 is 11.3 Å². The first-order chi connectivity index (χ1) is 27.3. The summed E-state index contributed by atoms with van der Waals surface area (Å²) in [5.41, 5.74) is 16.3. The number of anilines is 3. The van der Waals surface area contributed by atoms with Crippen LogP contribution in [0.5, 0.6) is 0 Å². The number of nitrogens with zero attached hydrogens (tertiary/aromatic N) is 1. The number of hydrogen-bond acceptors (Lipinski definition) is 2. The SMILES string of the molecule is c1ccc(-c2ccc(N(c3ccc4c5c(ccc4c3)C3(c4ccccc4-c4ccccc43)c3ccccc3-5)c3ccc4sc5ccccc5c4c3)cc2)cc1. The molecule has 2 heteroatoms. The average molecular weight is 716 g/mol. The maximum absolute atomic E-state index is 2.42. The molecule has 0 bridgehead atoms. The van der Waals surface area contributed by atoms with Crippen molar-refractivity contribution >= 4 is 59.3 Å². The van der Waals surface area contributed by atoms with Crippen LogP contribution in [0.15, 0.2) is 200 Å². The van der Waals surface area contributed by atoms with Gasteiger partial charge in [-0.05, 0) is 115 Å². The van der Waals surface area contributed by atoms with Gasteiger partial charge < -0.3 is 4.90 Å². The van der Waals surface area contributed by atoms with Crippen LogP contribution in [-0.4, -0.2) is 0 Å². The second kappa shape index (κ2) is 11.6. The van der Waals surface area contributed by atoms with Gasteiger partial charge in [0, 0.05) is 37.2 Å². The molecule has 0 atom stereocenters. The Balaban J connectivity index is 1.07. The third-order valence-corrected chi connectivity index (χ3v) is 13.2. The maximum atomic E-state index is 2.42. The van der Waals surface area contributed by atoms with E-state index >= 15 is 0 Å². The van der Waals surface area contributed by atoms with Crippen LogP contribution in [-0.2, 0) is 5.41 Å². The van der Waals surface area contributed by atoms with Gasteiger partial charge in [-0.1, -0.05) is 152 Å². The standard InChI is InChI=1S/C53H33NS/c1-2-12-34(13-3-1)35-22-25-37(26-23-35)54(39-28-31-51-45(33-39)43-16-7-11-21-50(43)55-51)38-27-29-40-36(32-38)24-30-49-52(40)44-17-6-10-20-48(44)53(49)46-18-8-4-14-41(46)42-15-5-9-19-47(42)53/h1-33H. The average Bonchev–Trinajstić information content (AvgIpc) is 3.88. The first-order valence-corrected chi connectivity index (χ1v) is 19.8. The van der Waals surface area contributed by atoms with Gasteiger partial charge >= 0.3 is 0 Å². The highest BCUT2D eigenvalue weighted by atomic mass is 32.1. The minimum absolute atomic E-state index is 0.350. The summed E-state index contributed by atoms with van der Waals surface area (Å²) in [6.07, 6.45) is 0. The number of rotatable bonds is 4. The smallest absolute Gasteiger partial charge is 0.0725 e. The van der Waals surface area contributed by atoms with E-state index in [0.29, 0.717) is 0 Å². The van der Waals surface area contributed by atoms with Gasteiger partial charge in [-0.2, -0.15) is 0 Å². The van der Waals surface area contributed by atoms with E-state index in [4.69, 9.17) is 0 Å². The topological polar surface area (TPSA) is 3.24 Å². The van der Waals surface area contributed by atoms with Gasteiger partial charge in [0.15, 0.2) is 0 Å². The lowest BCUT2D eigenvalue weighted by Gasteiger charge is -2.30. The fourth-order valence-electron chi connectivity index (χ4n) is 9.78. The maximum Gasteiger partial charge on any atom is 0.0725 e. The van der Waals surface area contributed by atoms with Crippen LogP contribution in [0.3, 0.4) is 0 Å². The molecule has 1 aromatic heterocycles. The van der Waals surface area contributed by atoms with Gasteiger partial charge in [-0.3, -0.25) is 0 Å². The van der Waals surface area contributed by atoms with Crippen molar-refractivity contribution in [2.75, 3.05) is 4.90 Å². The molecule has 0 unspecified atom stereocenters. The zero-order valence-corrected chi connectivity index (χ0v) is 30.7. The molecule has 256 valence electrons. The molecule has 1 spiro atoms.